The Balaban J connectivity index is 0.876. The van der Waals surface area contributed by atoms with Gasteiger partial charge in [0.1, 0.15) is 0 Å². The smallest absolute Gasteiger partial charge is 0.0434 e. The molecule has 0 aliphatic heterocycles. The number of allylic oxidation sites excluding steroid dienone is 10. The average Bonchev–Trinajstić information content (AvgIpc) is 4.08. The van der Waals surface area contributed by atoms with Crippen molar-refractivity contribution in [2.75, 3.05) is 0 Å². The van der Waals surface area contributed by atoms with E-state index in [1.165, 1.54) is 127 Å². The molecule has 0 spiro atoms. The molecule has 3 aliphatic rings. The first-order valence-corrected chi connectivity index (χ1v) is 25.9. The van der Waals surface area contributed by atoms with Crippen LogP contribution in [0.3, 0.4) is 0 Å². The minimum atomic E-state index is 0.270. The zero-order valence-corrected chi connectivity index (χ0v) is 38.8. The van der Waals surface area contributed by atoms with E-state index in [9.17, 15) is 0 Å². The summed E-state index contributed by atoms with van der Waals surface area (Å²) >= 11 is 5.79. The predicted molar refractivity (Wildman–Crippen MR) is 294 cm³/mol. The Kier molecular flexibility index (Phi) is 8.33. The first-order chi connectivity index (χ1) is 33.2. The van der Waals surface area contributed by atoms with Crippen LogP contribution in [0.25, 0.3) is 110 Å². The van der Waals surface area contributed by atoms with Crippen molar-refractivity contribution in [1.29, 1.82) is 0 Å². The summed E-state index contributed by atoms with van der Waals surface area (Å²) in [6.07, 6.45) is 19.0. The quantitative estimate of drug-likeness (QED) is 0.154. The van der Waals surface area contributed by atoms with Crippen LogP contribution in [-0.2, 0) is 0 Å². The molecular weight excluding hydrogens is 865 g/mol. The second kappa shape index (κ2) is 14.7. The van der Waals surface area contributed by atoms with Gasteiger partial charge in [0.2, 0.25) is 0 Å². The highest BCUT2D eigenvalue weighted by atomic mass is 32.1. The molecule has 15 rings (SSSR count). The van der Waals surface area contributed by atoms with E-state index in [1.54, 1.807) is 0 Å². The standard InChI is InChI=1S/C64H40S3/c1-5-21-46-42(17-1)59(43-18-2-6-22-47(43)61(46)52-27-13-25-50-39-15-9-11-29-55(39)66-63(50)52)37-32-34-57-54(35-37)41-33-31-38(36-58(41)65-57)60-44-19-3-7-23-48(44)62(49-24-8-4-20-45(49)60)53-28-14-26-51-40-16-10-12-30-56(40)67-64(51)53/h1-36,42-43,46,59H. The van der Waals surface area contributed by atoms with E-state index in [1.807, 2.05) is 34.0 Å². The van der Waals surface area contributed by atoms with Gasteiger partial charge in [0, 0.05) is 83.8 Å². The van der Waals surface area contributed by atoms with Gasteiger partial charge in [-0.2, -0.15) is 0 Å². The summed E-state index contributed by atoms with van der Waals surface area (Å²) in [7, 11) is 0. The monoisotopic (exact) mass is 904 g/mol. The lowest BCUT2D eigenvalue weighted by molar-refractivity contribution is 0.378. The van der Waals surface area contributed by atoms with Crippen molar-refractivity contribution in [3.63, 3.8) is 0 Å². The van der Waals surface area contributed by atoms with Gasteiger partial charge in [-0.05, 0) is 96.8 Å². The fourth-order valence-electron chi connectivity index (χ4n) is 12.4. The van der Waals surface area contributed by atoms with E-state index in [2.05, 4.69) is 218 Å². The number of thiophene rings is 3. The maximum absolute atomic E-state index is 2.55. The summed E-state index contributed by atoms with van der Waals surface area (Å²) in [6, 6.07) is 64.5. The van der Waals surface area contributed by atoms with E-state index in [0.29, 0.717) is 11.8 Å². The van der Waals surface area contributed by atoms with Crippen molar-refractivity contribution in [2.45, 2.75) is 5.92 Å². The lowest BCUT2D eigenvalue weighted by Crippen LogP contribution is -2.33. The third kappa shape index (κ3) is 5.57. The van der Waals surface area contributed by atoms with E-state index >= 15 is 0 Å². The molecule has 4 unspecified atom stereocenters. The summed E-state index contributed by atoms with van der Waals surface area (Å²) in [4.78, 5) is 0. The molecule has 0 saturated carbocycles. The highest BCUT2D eigenvalue weighted by Crippen LogP contribution is 2.57. The lowest BCUT2D eigenvalue weighted by atomic mass is 9.59. The molecule has 67 heavy (non-hydrogen) atoms. The van der Waals surface area contributed by atoms with Gasteiger partial charge in [0.05, 0.1) is 0 Å². The fraction of sp³-hybridized carbons (Fsp3) is 0.0625. The summed E-state index contributed by atoms with van der Waals surface area (Å²) in [6.45, 7) is 0. The molecule has 9 aromatic carbocycles. The van der Waals surface area contributed by atoms with Crippen molar-refractivity contribution in [1.82, 2.24) is 0 Å². The van der Waals surface area contributed by atoms with Gasteiger partial charge in [0.25, 0.3) is 0 Å². The first kappa shape index (κ1) is 38.0. The van der Waals surface area contributed by atoms with Crippen LogP contribution in [0.4, 0.5) is 0 Å². The second-order valence-corrected chi connectivity index (χ2v) is 21.7. The lowest BCUT2D eigenvalue weighted by Gasteiger charge is -2.44. The van der Waals surface area contributed by atoms with E-state index in [-0.39, 0.29) is 11.8 Å². The zero-order valence-electron chi connectivity index (χ0n) is 36.3. The molecule has 0 fully saturated rings. The van der Waals surface area contributed by atoms with E-state index in [0.717, 1.165) is 0 Å². The van der Waals surface area contributed by atoms with Crippen LogP contribution >= 0.6 is 34.0 Å². The summed E-state index contributed by atoms with van der Waals surface area (Å²) in [5.41, 5.74) is 11.0. The molecule has 0 saturated heterocycles. The molecule has 314 valence electrons. The molecule has 0 bridgehead atoms. The summed E-state index contributed by atoms with van der Waals surface area (Å²) in [5.74, 6) is 1.19. The molecule has 0 N–H and O–H groups in total. The second-order valence-electron chi connectivity index (χ2n) is 18.5. The Hall–Kier alpha value is -7.14. The number of hydrogen-bond acceptors (Lipinski definition) is 3. The topological polar surface area (TPSA) is 0 Å². The van der Waals surface area contributed by atoms with Crippen LogP contribution < -0.4 is 0 Å². The summed E-state index contributed by atoms with van der Waals surface area (Å²) in [5, 5.41) is 13.3. The van der Waals surface area contributed by atoms with Crippen LogP contribution in [0.1, 0.15) is 17.0 Å². The van der Waals surface area contributed by atoms with Crippen LogP contribution in [0, 0.1) is 17.8 Å². The number of hydrogen-bond donors (Lipinski definition) is 0. The number of rotatable bonds is 4. The zero-order chi connectivity index (χ0) is 43.7. The number of fused-ring (bicyclic) bond motifs is 13. The van der Waals surface area contributed by atoms with Crippen LogP contribution in [0.15, 0.2) is 224 Å². The van der Waals surface area contributed by atoms with Gasteiger partial charge in [-0.3, -0.25) is 0 Å². The third-order valence-corrected chi connectivity index (χ3v) is 18.7. The molecule has 3 aliphatic carbocycles. The van der Waals surface area contributed by atoms with Crippen LogP contribution in [0.2, 0.25) is 0 Å². The Morgan fingerprint density at radius 3 is 1.61 bits per heavy atom. The summed E-state index contributed by atoms with van der Waals surface area (Å²) < 4.78 is 8.12. The molecule has 3 aromatic heterocycles. The Bertz CT molecular complexity index is 4190. The molecule has 0 nitrogen and oxygen atoms in total. The van der Waals surface area contributed by atoms with Gasteiger partial charge >= 0.3 is 0 Å². The Morgan fingerprint density at radius 1 is 0.343 bits per heavy atom. The molecule has 3 heterocycles. The maximum Gasteiger partial charge on any atom is 0.0434 e. The maximum atomic E-state index is 2.55. The van der Waals surface area contributed by atoms with Crippen molar-refractivity contribution in [3.05, 3.63) is 235 Å². The predicted octanol–water partition coefficient (Wildman–Crippen LogP) is 19.1. The average molecular weight is 905 g/mol. The normalized spacial score (nSPS) is 19.0. The van der Waals surface area contributed by atoms with Gasteiger partial charge in [0.15, 0.2) is 0 Å². The van der Waals surface area contributed by atoms with Crippen LogP contribution in [-0.4, -0.2) is 0 Å². The first-order valence-electron chi connectivity index (χ1n) is 23.4. The minimum Gasteiger partial charge on any atom is -0.135 e. The molecule has 0 amide bonds. The number of benzene rings is 9. The van der Waals surface area contributed by atoms with Gasteiger partial charge < -0.3 is 0 Å². The van der Waals surface area contributed by atoms with Crippen molar-refractivity contribution >= 4 is 122 Å². The van der Waals surface area contributed by atoms with Gasteiger partial charge in [-0.15, -0.1) is 34.0 Å². The molecular formula is C64H40S3. The minimum absolute atomic E-state index is 0.270. The Morgan fingerprint density at radius 2 is 0.896 bits per heavy atom. The molecule has 0 radical (unpaired) electrons. The van der Waals surface area contributed by atoms with Crippen molar-refractivity contribution in [3.8, 4) is 22.3 Å². The molecule has 3 heteroatoms. The highest BCUT2D eigenvalue weighted by Gasteiger charge is 2.43. The van der Waals surface area contributed by atoms with Gasteiger partial charge in [-0.1, -0.05) is 188 Å². The van der Waals surface area contributed by atoms with Crippen LogP contribution in [0.5, 0.6) is 0 Å². The van der Waals surface area contributed by atoms with Crippen molar-refractivity contribution in [2.24, 2.45) is 17.8 Å². The SMILES string of the molecule is C1=CC2=C(c3cccc4c3sc3ccccc34)C3C=CC=CC3C(c3ccc4sc5cc(-c6c7ccccc7c(-c7cccc8c7sc7ccccc78)c7ccccc67)ccc5c4c3)C2C=C1. The molecule has 12 aromatic rings. The van der Waals surface area contributed by atoms with Gasteiger partial charge in [-0.25, -0.2) is 0 Å². The van der Waals surface area contributed by atoms with E-state index in [4.69, 9.17) is 0 Å². The fourth-order valence-corrected chi connectivity index (χ4v) is 16.0. The highest BCUT2D eigenvalue weighted by molar-refractivity contribution is 7.27. The Labute approximate surface area is 400 Å². The molecule has 4 atom stereocenters. The third-order valence-electron chi connectivity index (χ3n) is 15.2. The van der Waals surface area contributed by atoms with E-state index < -0.39 is 0 Å². The largest absolute Gasteiger partial charge is 0.135 e. The van der Waals surface area contributed by atoms with Crippen molar-refractivity contribution < 1.29 is 0 Å².